The summed E-state index contributed by atoms with van der Waals surface area (Å²) in [5.74, 6) is -7.77. The SMILES string of the molecule is CO[C@H]1C=CO[C@@]2(C)Oc3c(C)c(O)c4c(O)c(c(CN5CCCCC5)c(O)c4c3C2=O)NC(=O)/C(C)=C\C=C/[C@H](C)[C@H](O)[C@@H](C)[C@@H](O)[C@@H](C)[C@H](OC(C)=O)[C@@H]1C. The Morgan fingerprint density at radius 3 is 2.23 bits per heavy atom. The van der Waals surface area contributed by atoms with Crippen molar-refractivity contribution >= 4 is 34.1 Å². The summed E-state index contributed by atoms with van der Waals surface area (Å²) in [6, 6.07) is 0. The number of aliphatic hydroxyl groups is 2. The monoisotopic (exact) mass is 794 g/mol. The Hall–Kier alpha value is -4.63. The Bertz CT molecular complexity index is 1970. The highest BCUT2D eigenvalue weighted by molar-refractivity contribution is 6.22. The van der Waals surface area contributed by atoms with Crippen LogP contribution in [0.4, 0.5) is 5.69 Å². The number of allylic oxidation sites excluding steroid dienone is 2. The van der Waals surface area contributed by atoms with E-state index in [2.05, 4.69) is 10.2 Å². The Kier molecular flexibility index (Phi) is 13.3. The summed E-state index contributed by atoms with van der Waals surface area (Å²) in [6.45, 7) is 14.2. The summed E-state index contributed by atoms with van der Waals surface area (Å²) in [4.78, 5) is 42.6. The zero-order valence-electron chi connectivity index (χ0n) is 34.3. The van der Waals surface area contributed by atoms with Crippen molar-refractivity contribution in [3.05, 3.63) is 52.8 Å². The number of amides is 1. The van der Waals surface area contributed by atoms with Crippen LogP contribution in [0.5, 0.6) is 23.0 Å². The molecule has 6 N–H and O–H groups in total. The molecule has 57 heavy (non-hydrogen) atoms. The minimum atomic E-state index is -2.00. The van der Waals surface area contributed by atoms with Crippen molar-refractivity contribution in [3.63, 3.8) is 0 Å². The van der Waals surface area contributed by atoms with Gasteiger partial charge in [-0.25, -0.2) is 0 Å². The van der Waals surface area contributed by atoms with E-state index < -0.39 is 88.8 Å². The zero-order chi connectivity index (χ0) is 42.1. The van der Waals surface area contributed by atoms with Crippen LogP contribution in [0, 0.1) is 30.6 Å². The van der Waals surface area contributed by atoms with Crippen LogP contribution in [0.15, 0.2) is 36.1 Å². The number of nitrogens with zero attached hydrogens (tertiary/aromatic N) is 1. The van der Waals surface area contributed by atoms with Gasteiger partial charge in [0.25, 0.3) is 11.7 Å². The molecule has 0 unspecified atom stereocenters. The van der Waals surface area contributed by atoms with Crippen molar-refractivity contribution in [3.8, 4) is 23.0 Å². The predicted octanol–water partition coefficient (Wildman–Crippen LogP) is 5.74. The molecule has 0 aromatic heterocycles. The number of ketones is 1. The first-order chi connectivity index (χ1) is 26.8. The van der Waals surface area contributed by atoms with E-state index in [1.165, 1.54) is 46.3 Å². The third-order valence-electron chi connectivity index (χ3n) is 11.9. The van der Waals surface area contributed by atoms with Gasteiger partial charge in [-0.2, -0.15) is 0 Å². The van der Waals surface area contributed by atoms with Gasteiger partial charge in [-0.1, -0.05) is 52.3 Å². The lowest BCUT2D eigenvalue weighted by atomic mass is 9.78. The molecule has 0 aliphatic carbocycles. The number of piperidine rings is 1. The Morgan fingerprint density at radius 2 is 1.60 bits per heavy atom. The average Bonchev–Trinajstić information content (AvgIpc) is 3.44. The minimum absolute atomic E-state index is 0.0488. The third kappa shape index (κ3) is 8.50. The van der Waals surface area contributed by atoms with Crippen LogP contribution in [0.1, 0.15) is 89.2 Å². The predicted molar refractivity (Wildman–Crippen MR) is 213 cm³/mol. The van der Waals surface area contributed by atoms with Crippen molar-refractivity contribution in [1.82, 2.24) is 4.90 Å². The Morgan fingerprint density at radius 1 is 0.930 bits per heavy atom. The van der Waals surface area contributed by atoms with E-state index in [9.17, 15) is 39.9 Å². The van der Waals surface area contributed by atoms with Crippen LogP contribution in [0.25, 0.3) is 10.8 Å². The number of hydrogen-bond acceptors (Lipinski definition) is 13. The Labute approximate surface area is 333 Å². The van der Waals surface area contributed by atoms with Crippen LogP contribution in [0.2, 0.25) is 0 Å². The molecule has 6 rings (SSSR count). The number of benzene rings is 2. The number of hydrogen-bond donors (Lipinski definition) is 6. The number of anilines is 1. The summed E-state index contributed by atoms with van der Waals surface area (Å²) >= 11 is 0. The molecule has 4 heterocycles. The van der Waals surface area contributed by atoms with Gasteiger partial charge >= 0.3 is 11.8 Å². The lowest BCUT2D eigenvalue weighted by Gasteiger charge is -2.38. The molecule has 14 heteroatoms. The van der Waals surface area contributed by atoms with E-state index in [-0.39, 0.29) is 51.0 Å². The maximum atomic E-state index is 14.4. The molecule has 0 spiro atoms. The summed E-state index contributed by atoms with van der Waals surface area (Å²) in [6.07, 6.45) is 6.63. The van der Waals surface area contributed by atoms with Gasteiger partial charge in [0.05, 0.1) is 41.2 Å². The van der Waals surface area contributed by atoms with Crippen molar-refractivity contribution in [2.45, 2.75) is 111 Å². The maximum absolute atomic E-state index is 14.4. The zero-order valence-corrected chi connectivity index (χ0v) is 34.3. The summed E-state index contributed by atoms with van der Waals surface area (Å²) in [5, 5.41) is 60.8. The molecule has 312 valence electrons. The number of carbonyl (C=O) groups excluding carboxylic acids is 3. The van der Waals surface area contributed by atoms with Gasteiger partial charge in [-0.3, -0.25) is 19.3 Å². The lowest BCUT2D eigenvalue weighted by molar-refractivity contribution is -0.160. The molecule has 5 bridgehead atoms. The number of phenols is 3. The number of nitrogens with one attached hydrogen (secondary N) is 1. The second-order valence-corrected chi connectivity index (χ2v) is 16.0. The molecule has 14 nitrogen and oxygen atoms in total. The first-order valence-electron chi connectivity index (χ1n) is 19.6. The fourth-order valence-corrected chi connectivity index (χ4v) is 8.28. The number of ether oxygens (including phenoxy) is 4. The van der Waals surface area contributed by atoms with Gasteiger partial charge in [0.15, 0.2) is 5.75 Å². The molecule has 1 saturated heterocycles. The van der Waals surface area contributed by atoms with Gasteiger partial charge < -0.3 is 49.8 Å². The average molecular weight is 795 g/mol. The van der Waals surface area contributed by atoms with Crippen LogP contribution in [-0.2, 0) is 30.3 Å². The first kappa shape index (κ1) is 43.5. The van der Waals surface area contributed by atoms with Gasteiger partial charge in [-0.05, 0) is 45.9 Å². The topological polar surface area (TPSA) is 205 Å². The number of esters is 1. The normalized spacial score (nSPS) is 32.0. The maximum Gasteiger partial charge on any atom is 0.312 e. The van der Waals surface area contributed by atoms with Crippen molar-refractivity contribution in [1.29, 1.82) is 0 Å². The third-order valence-corrected chi connectivity index (χ3v) is 11.9. The fraction of sp³-hybridized carbons (Fsp3) is 0.558. The number of fused-ring (bicyclic) bond motifs is 14. The van der Waals surface area contributed by atoms with E-state index in [1.807, 2.05) is 0 Å². The summed E-state index contributed by atoms with van der Waals surface area (Å²) in [7, 11) is 1.45. The van der Waals surface area contributed by atoms with Crippen LogP contribution < -0.4 is 10.1 Å². The molecule has 1 fully saturated rings. The molecule has 2 aromatic rings. The van der Waals surface area contributed by atoms with E-state index >= 15 is 0 Å². The van der Waals surface area contributed by atoms with Gasteiger partial charge in [0.2, 0.25) is 0 Å². The minimum Gasteiger partial charge on any atom is -0.507 e. The van der Waals surface area contributed by atoms with Crippen molar-refractivity contribution in [2.75, 3.05) is 25.5 Å². The highest BCUT2D eigenvalue weighted by Gasteiger charge is 2.50. The number of likely N-dealkylation sites (tertiary alicyclic amines) is 1. The molecule has 1 amide bonds. The lowest BCUT2D eigenvalue weighted by Crippen LogP contribution is -2.46. The molecule has 9 atom stereocenters. The Balaban J connectivity index is 1.70. The second-order valence-electron chi connectivity index (χ2n) is 16.0. The largest absolute Gasteiger partial charge is 0.507 e. The van der Waals surface area contributed by atoms with E-state index in [1.54, 1.807) is 46.8 Å². The standard InChI is InChI=1S/C43H58N2O12/c1-21-14-13-15-22(2)42(53)44-33-28(20-45-17-11-10-12-18-45)37(50)30-31(38(33)51)36(49)26(6)40-32(30)41(52)43(8,57-40)55-19-16-29(54-9)23(3)39(56-27(7)46)25(5)35(48)24(4)34(21)47/h13-16,19,21,23-25,29,34-35,39,47-51H,10-12,17-18,20H2,1-9H3,(H,44,53)/b14-13-,19-16?,22-15-/t21-,23+,24+,25+,29-,34-,35+,39+,43-/m0/s1. The number of Topliss-reactive ketones (excluding diaryl/α,β-unsaturated/α-hetero) is 1. The van der Waals surface area contributed by atoms with E-state index in [4.69, 9.17) is 18.9 Å². The van der Waals surface area contributed by atoms with Gasteiger partial charge in [-0.15, -0.1) is 0 Å². The molecule has 0 radical (unpaired) electrons. The first-order valence-corrected chi connectivity index (χ1v) is 19.6. The molecule has 2 aromatic carbocycles. The van der Waals surface area contributed by atoms with Crippen LogP contribution in [-0.4, -0.2) is 98.5 Å². The van der Waals surface area contributed by atoms with Crippen LogP contribution in [0.3, 0.4) is 0 Å². The number of carbonyl (C=O) groups is 3. The number of methoxy groups -OCH3 is 1. The molecule has 4 aliphatic rings. The molecule has 0 saturated carbocycles. The smallest absolute Gasteiger partial charge is 0.312 e. The van der Waals surface area contributed by atoms with E-state index in [0.29, 0.717) is 13.1 Å². The molecular formula is C43H58N2O12. The number of aromatic hydroxyl groups is 3. The molecular weight excluding hydrogens is 736 g/mol. The summed E-state index contributed by atoms with van der Waals surface area (Å²) in [5.41, 5.74) is 0.236. The highest BCUT2D eigenvalue weighted by Crippen LogP contribution is 2.55. The number of rotatable bonds is 4. The summed E-state index contributed by atoms with van der Waals surface area (Å²) < 4.78 is 23.6. The highest BCUT2D eigenvalue weighted by atomic mass is 16.7. The quantitative estimate of drug-likeness (QED) is 0.124. The van der Waals surface area contributed by atoms with Gasteiger partial charge in [0, 0.05) is 73.3 Å². The van der Waals surface area contributed by atoms with E-state index in [0.717, 1.165) is 19.3 Å². The second kappa shape index (κ2) is 17.5. The molecule has 4 aliphatic heterocycles. The van der Waals surface area contributed by atoms with Crippen LogP contribution >= 0.6 is 0 Å². The van der Waals surface area contributed by atoms with Gasteiger partial charge in [0.1, 0.15) is 23.4 Å². The van der Waals surface area contributed by atoms with Crippen molar-refractivity contribution < 1.29 is 58.9 Å². The fourth-order valence-electron chi connectivity index (χ4n) is 8.28. The van der Waals surface area contributed by atoms with Crippen molar-refractivity contribution in [2.24, 2.45) is 23.7 Å². The number of phenolic OH excluding ortho intramolecular Hbond substituents is 3. The number of aliphatic hydroxyl groups excluding tert-OH is 2.